The number of aromatic amines is 1. The molecule has 0 unspecified atom stereocenters. The Labute approximate surface area is 155 Å². The minimum Gasteiger partial charge on any atom is -0.456 e. The third-order valence-corrected chi connectivity index (χ3v) is 4.19. The zero-order valence-electron chi connectivity index (χ0n) is 15.8. The van der Waals surface area contributed by atoms with Crippen LogP contribution in [0.3, 0.4) is 0 Å². The molecular formula is C18H23N3O6. The van der Waals surface area contributed by atoms with E-state index in [-0.39, 0.29) is 11.8 Å². The Kier molecular flexibility index (Phi) is 6.51. The maximum Gasteiger partial charge on any atom is 0.328 e. The van der Waals surface area contributed by atoms with E-state index in [1.165, 1.54) is 6.20 Å². The summed E-state index contributed by atoms with van der Waals surface area (Å²) >= 11 is 0. The smallest absolute Gasteiger partial charge is 0.328 e. The van der Waals surface area contributed by atoms with Gasteiger partial charge in [-0.3, -0.25) is 23.9 Å². The zero-order chi connectivity index (χ0) is 20.1. The lowest BCUT2D eigenvalue weighted by molar-refractivity contribution is -0.143. The SMILES string of the molecule is COC[C@@H](C)n1c(C)cc(C(=O)COC(=O)Cn2ccc(=O)[nH]c2=O)c1C. The maximum absolute atomic E-state index is 12.4. The van der Waals surface area contributed by atoms with Gasteiger partial charge in [0, 0.05) is 36.3 Å². The number of rotatable bonds is 8. The molecule has 0 fully saturated rings. The summed E-state index contributed by atoms with van der Waals surface area (Å²) in [5.41, 5.74) is 0.880. The molecule has 0 aliphatic carbocycles. The van der Waals surface area contributed by atoms with Crippen molar-refractivity contribution in [3.05, 3.63) is 56.1 Å². The predicted molar refractivity (Wildman–Crippen MR) is 97.1 cm³/mol. The molecule has 146 valence electrons. The van der Waals surface area contributed by atoms with Crippen LogP contribution in [-0.2, 0) is 20.8 Å². The third-order valence-electron chi connectivity index (χ3n) is 4.19. The fourth-order valence-electron chi connectivity index (χ4n) is 3.03. The van der Waals surface area contributed by atoms with Crippen LogP contribution in [0.15, 0.2) is 27.9 Å². The highest BCUT2D eigenvalue weighted by molar-refractivity contribution is 5.99. The maximum atomic E-state index is 12.4. The van der Waals surface area contributed by atoms with Gasteiger partial charge >= 0.3 is 11.7 Å². The van der Waals surface area contributed by atoms with E-state index in [2.05, 4.69) is 0 Å². The molecule has 0 saturated carbocycles. The van der Waals surface area contributed by atoms with Crippen molar-refractivity contribution in [1.29, 1.82) is 0 Å². The Balaban J connectivity index is 2.03. The highest BCUT2D eigenvalue weighted by Gasteiger charge is 2.20. The summed E-state index contributed by atoms with van der Waals surface area (Å²) in [6.45, 7) is 5.39. The first kappa shape index (κ1) is 20.4. The summed E-state index contributed by atoms with van der Waals surface area (Å²) in [6.07, 6.45) is 1.19. The van der Waals surface area contributed by atoms with E-state index < -0.39 is 30.4 Å². The second-order valence-electron chi connectivity index (χ2n) is 6.28. The molecule has 9 heteroatoms. The van der Waals surface area contributed by atoms with Gasteiger partial charge < -0.3 is 14.0 Å². The number of hydrogen-bond acceptors (Lipinski definition) is 6. The molecule has 0 bridgehead atoms. The molecule has 1 atom stereocenters. The average Bonchev–Trinajstić information content (AvgIpc) is 2.90. The van der Waals surface area contributed by atoms with Crippen LogP contribution in [0.5, 0.6) is 0 Å². The molecule has 2 heterocycles. The first-order valence-electron chi connectivity index (χ1n) is 8.40. The Morgan fingerprint density at radius 1 is 1.26 bits per heavy atom. The molecule has 27 heavy (non-hydrogen) atoms. The highest BCUT2D eigenvalue weighted by Crippen LogP contribution is 2.21. The standard InChI is InChI=1S/C18H23N3O6/c1-11-7-14(13(3)21(11)12(2)9-26-4)15(22)10-27-17(24)8-20-6-5-16(23)19-18(20)25/h5-7,12H,8-10H2,1-4H3,(H,19,23,25)/t12-/m1/s1. The number of ether oxygens (including phenoxy) is 2. The molecule has 0 amide bonds. The van der Waals surface area contributed by atoms with Crippen LogP contribution < -0.4 is 11.2 Å². The van der Waals surface area contributed by atoms with E-state index >= 15 is 0 Å². The summed E-state index contributed by atoms with van der Waals surface area (Å²) < 4.78 is 13.1. The molecule has 0 radical (unpaired) electrons. The van der Waals surface area contributed by atoms with Crippen molar-refractivity contribution in [3.63, 3.8) is 0 Å². The van der Waals surface area contributed by atoms with Crippen molar-refractivity contribution in [3.8, 4) is 0 Å². The van der Waals surface area contributed by atoms with Crippen LogP contribution in [0.25, 0.3) is 0 Å². The number of carbonyl (C=O) groups is 2. The van der Waals surface area contributed by atoms with Gasteiger partial charge in [0.2, 0.25) is 5.78 Å². The van der Waals surface area contributed by atoms with Gasteiger partial charge in [0.1, 0.15) is 6.54 Å². The second-order valence-corrected chi connectivity index (χ2v) is 6.28. The van der Waals surface area contributed by atoms with Gasteiger partial charge in [0.05, 0.1) is 12.6 Å². The number of H-pyrrole nitrogens is 1. The van der Waals surface area contributed by atoms with Crippen molar-refractivity contribution in [2.45, 2.75) is 33.4 Å². The van der Waals surface area contributed by atoms with Crippen LogP contribution >= 0.6 is 0 Å². The van der Waals surface area contributed by atoms with Crippen molar-refractivity contribution in [1.82, 2.24) is 14.1 Å². The normalized spacial score (nSPS) is 12.0. The molecule has 2 rings (SSSR count). The largest absolute Gasteiger partial charge is 0.456 e. The predicted octanol–water partition coefficient (Wildman–Crippen LogP) is 0.588. The number of methoxy groups -OCH3 is 1. The van der Waals surface area contributed by atoms with Gasteiger partial charge in [-0.2, -0.15) is 0 Å². The molecular weight excluding hydrogens is 354 g/mol. The third kappa shape index (κ3) is 4.82. The van der Waals surface area contributed by atoms with Gasteiger partial charge in [-0.1, -0.05) is 0 Å². The average molecular weight is 377 g/mol. The van der Waals surface area contributed by atoms with Crippen molar-refractivity contribution < 1.29 is 19.1 Å². The number of Topliss-reactive ketones (excluding diaryl/α,β-unsaturated/α-hetero) is 1. The molecule has 2 aromatic heterocycles. The number of ketones is 1. The summed E-state index contributed by atoms with van der Waals surface area (Å²) in [6, 6.07) is 2.94. The number of nitrogens with zero attached hydrogens (tertiary/aromatic N) is 2. The topological polar surface area (TPSA) is 112 Å². The summed E-state index contributed by atoms with van der Waals surface area (Å²) in [5, 5.41) is 0. The molecule has 0 saturated heterocycles. The first-order valence-corrected chi connectivity index (χ1v) is 8.40. The van der Waals surface area contributed by atoms with E-state index in [4.69, 9.17) is 9.47 Å². The molecule has 1 N–H and O–H groups in total. The van der Waals surface area contributed by atoms with E-state index in [1.54, 1.807) is 13.2 Å². The fourth-order valence-corrected chi connectivity index (χ4v) is 3.03. The van der Waals surface area contributed by atoms with Gasteiger partial charge in [0.25, 0.3) is 5.56 Å². The summed E-state index contributed by atoms with van der Waals surface area (Å²) in [7, 11) is 1.61. The molecule has 0 aliphatic heterocycles. The van der Waals surface area contributed by atoms with Gasteiger partial charge in [-0.05, 0) is 26.8 Å². The summed E-state index contributed by atoms with van der Waals surface area (Å²) in [5.74, 6) is -1.08. The van der Waals surface area contributed by atoms with Gasteiger partial charge in [0.15, 0.2) is 6.61 Å². The quantitative estimate of drug-likeness (QED) is 0.532. The minimum absolute atomic E-state index is 0.0613. The van der Waals surface area contributed by atoms with Crippen molar-refractivity contribution in [2.24, 2.45) is 0 Å². The van der Waals surface area contributed by atoms with E-state index in [9.17, 15) is 19.2 Å². The first-order chi connectivity index (χ1) is 12.7. The van der Waals surface area contributed by atoms with Crippen LogP contribution in [-0.4, -0.2) is 46.2 Å². The molecule has 0 aromatic carbocycles. The number of aryl methyl sites for hydroxylation is 1. The zero-order valence-corrected chi connectivity index (χ0v) is 15.8. The van der Waals surface area contributed by atoms with Crippen LogP contribution in [0.1, 0.15) is 34.7 Å². The van der Waals surface area contributed by atoms with E-state index in [0.717, 1.165) is 22.0 Å². The Hall–Kier alpha value is -2.94. The lowest BCUT2D eigenvalue weighted by Gasteiger charge is -2.17. The number of hydrogen-bond donors (Lipinski definition) is 1. The number of carbonyl (C=O) groups excluding carboxylic acids is 2. The van der Waals surface area contributed by atoms with Crippen LogP contribution in [0, 0.1) is 13.8 Å². The second kappa shape index (κ2) is 8.63. The number of esters is 1. The number of aromatic nitrogens is 3. The molecule has 0 aliphatic rings. The molecule has 9 nitrogen and oxygen atoms in total. The highest BCUT2D eigenvalue weighted by atomic mass is 16.5. The van der Waals surface area contributed by atoms with Crippen LogP contribution in [0.4, 0.5) is 0 Å². The van der Waals surface area contributed by atoms with E-state index in [1.807, 2.05) is 30.3 Å². The lowest BCUT2D eigenvalue weighted by Crippen LogP contribution is -2.31. The minimum atomic E-state index is -0.751. The molecule has 2 aromatic rings. The van der Waals surface area contributed by atoms with Gasteiger partial charge in [-0.25, -0.2) is 4.79 Å². The fraction of sp³-hybridized carbons (Fsp3) is 0.444. The Morgan fingerprint density at radius 3 is 2.59 bits per heavy atom. The Bertz CT molecular complexity index is 953. The van der Waals surface area contributed by atoms with Crippen molar-refractivity contribution >= 4 is 11.8 Å². The lowest BCUT2D eigenvalue weighted by atomic mass is 10.1. The Morgan fingerprint density at radius 2 is 1.96 bits per heavy atom. The summed E-state index contributed by atoms with van der Waals surface area (Å²) in [4.78, 5) is 48.9. The number of nitrogens with one attached hydrogen (secondary N) is 1. The van der Waals surface area contributed by atoms with E-state index in [0.29, 0.717) is 12.2 Å². The monoisotopic (exact) mass is 377 g/mol. The van der Waals surface area contributed by atoms with Crippen molar-refractivity contribution in [2.75, 3.05) is 20.3 Å². The van der Waals surface area contributed by atoms with Gasteiger partial charge in [-0.15, -0.1) is 0 Å². The molecule has 0 spiro atoms. The van der Waals surface area contributed by atoms with Crippen LogP contribution in [0.2, 0.25) is 0 Å².